The first-order valence-corrected chi connectivity index (χ1v) is 5.81. The number of hydrogen-bond donors (Lipinski definition) is 0. The minimum Gasteiger partial charge on any atom is -0.303 e. The van der Waals surface area contributed by atoms with E-state index in [0.717, 1.165) is 6.04 Å². The van der Waals surface area contributed by atoms with Crippen molar-refractivity contribution in [2.45, 2.75) is 32.7 Å². The van der Waals surface area contributed by atoms with Crippen molar-refractivity contribution in [3.63, 3.8) is 0 Å². The zero-order valence-electron chi connectivity index (χ0n) is 8.26. The highest BCUT2D eigenvalue weighted by Gasteiger charge is 2.06. The predicted octanol–water partition coefficient (Wildman–Crippen LogP) is 2.47. The van der Waals surface area contributed by atoms with Crippen LogP contribution < -0.4 is 0 Å². The molecule has 0 amide bonds. The Bertz CT molecular complexity index is 85.6. The molecule has 0 saturated heterocycles. The van der Waals surface area contributed by atoms with Gasteiger partial charge >= 0.3 is 0 Å². The van der Waals surface area contributed by atoms with Crippen LogP contribution in [0.25, 0.3) is 0 Å². The number of rotatable bonds is 6. The van der Waals surface area contributed by atoms with E-state index in [-0.39, 0.29) is 0 Å². The fourth-order valence-electron chi connectivity index (χ4n) is 0.996. The SMILES string of the molecule is CCCCN(C)C(C)CSC. The molecular formula is C9H21NS. The van der Waals surface area contributed by atoms with Crippen molar-refractivity contribution < 1.29 is 0 Å². The Kier molecular flexibility index (Phi) is 7.18. The second-order valence-corrected chi connectivity index (χ2v) is 4.05. The first kappa shape index (κ1) is 11.3. The van der Waals surface area contributed by atoms with Crippen LogP contribution in [0.3, 0.4) is 0 Å². The lowest BCUT2D eigenvalue weighted by Crippen LogP contribution is -2.31. The molecule has 68 valence electrons. The Morgan fingerprint density at radius 3 is 2.55 bits per heavy atom. The van der Waals surface area contributed by atoms with Crippen LogP contribution in [0.15, 0.2) is 0 Å². The van der Waals surface area contributed by atoms with Crippen LogP contribution in [-0.4, -0.2) is 36.5 Å². The highest BCUT2D eigenvalue weighted by atomic mass is 32.2. The molecule has 0 aliphatic carbocycles. The van der Waals surface area contributed by atoms with Gasteiger partial charge in [0.1, 0.15) is 0 Å². The summed E-state index contributed by atoms with van der Waals surface area (Å²) in [6, 6.07) is 0.733. The Morgan fingerprint density at radius 1 is 1.45 bits per heavy atom. The highest BCUT2D eigenvalue weighted by molar-refractivity contribution is 7.98. The van der Waals surface area contributed by atoms with E-state index in [4.69, 9.17) is 0 Å². The molecule has 0 aromatic rings. The number of unbranched alkanes of at least 4 members (excludes halogenated alkanes) is 1. The van der Waals surface area contributed by atoms with Gasteiger partial charge in [-0.05, 0) is 33.2 Å². The van der Waals surface area contributed by atoms with Crippen LogP contribution in [0.1, 0.15) is 26.7 Å². The second-order valence-electron chi connectivity index (χ2n) is 3.14. The molecule has 0 aromatic heterocycles. The molecule has 0 rings (SSSR count). The number of hydrogen-bond acceptors (Lipinski definition) is 2. The Balaban J connectivity index is 3.38. The Morgan fingerprint density at radius 2 is 2.09 bits per heavy atom. The van der Waals surface area contributed by atoms with E-state index in [1.54, 1.807) is 0 Å². The van der Waals surface area contributed by atoms with Crippen molar-refractivity contribution in [1.29, 1.82) is 0 Å². The predicted molar refractivity (Wildman–Crippen MR) is 55.4 cm³/mol. The van der Waals surface area contributed by atoms with Gasteiger partial charge in [-0.1, -0.05) is 13.3 Å². The number of thioether (sulfide) groups is 1. The highest BCUT2D eigenvalue weighted by Crippen LogP contribution is 2.04. The molecule has 11 heavy (non-hydrogen) atoms. The van der Waals surface area contributed by atoms with Crippen LogP contribution in [0, 0.1) is 0 Å². The summed E-state index contributed by atoms with van der Waals surface area (Å²) in [5.41, 5.74) is 0. The molecule has 1 atom stereocenters. The maximum absolute atomic E-state index is 2.44. The average Bonchev–Trinajstić information content (AvgIpc) is 2.00. The van der Waals surface area contributed by atoms with E-state index in [0.29, 0.717) is 0 Å². The maximum atomic E-state index is 2.44. The first-order chi connectivity index (χ1) is 5.22. The van der Waals surface area contributed by atoms with Gasteiger partial charge in [-0.2, -0.15) is 11.8 Å². The summed E-state index contributed by atoms with van der Waals surface area (Å²) in [6.07, 6.45) is 4.80. The molecule has 0 aliphatic rings. The lowest BCUT2D eigenvalue weighted by Gasteiger charge is -2.23. The summed E-state index contributed by atoms with van der Waals surface area (Å²) in [5.74, 6) is 1.25. The quantitative estimate of drug-likeness (QED) is 0.610. The van der Waals surface area contributed by atoms with Gasteiger partial charge in [-0.3, -0.25) is 0 Å². The molecule has 2 heteroatoms. The summed E-state index contributed by atoms with van der Waals surface area (Å²) < 4.78 is 0. The summed E-state index contributed by atoms with van der Waals surface area (Å²) in [5, 5.41) is 0. The molecule has 0 fully saturated rings. The third-order valence-corrected chi connectivity index (χ3v) is 2.84. The average molecular weight is 175 g/mol. The van der Waals surface area contributed by atoms with Crippen LogP contribution in [-0.2, 0) is 0 Å². The van der Waals surface area contributed by atoms with Crippen molar-refractivity contribution >= 4 is 11.8 Å². The van der Waals surface area contributed by atoms with E-state index >= 15 is 0 Å². The summed E-state index contributed by atoms with van der Waals surface area (Å²) >= 11 is 1.93. The summed E-state index contributed by atoms with van der Waals surface area (Å²) in [4.78, 5) is 2.44. The van der Waals surface area contributed by atoms with Crippen LogP contribution in [0.4, 0.5) is 0 Å². The zero-order chi connectivity index (χ0) is 8.69. The van der Waals surface area contributed by atoms with Gasteiger partial charge in [-0.15, -0.1) is 0 Å². The van der Waals surface area contributed by atoms with Gasteiger partial charge in [-0.25, -0.2) is 0 Å². The van der Waals surface area contributed by atoms with Gasteiger partial charge in [0.15, 0.2) is 0 Å². The lowest BCUT2D eigenvalue weighted by molar-refractivity contribution is 0.273. The molecule has 0 spiro atoms. The van der Waals surface area contributed by atoms with Gasteiger partial charge in [0.25, 0.3) is 0 Å². The largest absolute Gasteiger partial charge is 0.303 e. The van der Waals surface area contributed by atoms with E-state index in [1.165, 1.54) is 25.1 Å². The molecule has 0 radical (unpaired) electrons. The molecule has 0 aliphatic heterocycles. The fourth-order valence-corrected chi connectivity index (χ4v) is 1.73. The second kappa shape index (κ2) is 6.99. The Hall–Kier alpha value is 0.310. The van der Waals surface area contributed by atoms with Crippen LogP contribution in [0.5, 0.6) is 0 Å². The van der Waals surface area contributed by atoms with E-state index in [1.807, 2.05) is 11.8 Å². The minimum absolute atomic E-state index is 0.733. The molecule has 0 bridgehead atoms. The normalized spacial score (nSPS) is 13.9. The standard InChI is InChI=1S/C9H21NS/c1-5-6-7-10(3)9(2)8-11-4/h9H,5-8H2,1-4H3. The Labute approximate surface area is 75.5 Å². The van der Waals surface area contributed by atoms with Crippen molar-refractivity contribution in [3.05, 3.63) is 0 Å². The summed E-state index contributed by atoms with van der Waals surface area (Å²) in [6.45, 7) is 5.79. The maximum Gasteiger partial charge on any atom is 0.0154 e. The van der Waals surface area contributed by atoms with Crippen LogP contribution in [0.2, 0.25) is 0 Å². The first-order valence-electron chi connectivity index (χ1n) is 4.41. The summed E-state index contributed by atoms with van der Waals surface area (Å²) in [7, 11) is 2.22. The van der Waals surface area contributed by atoms with Crippen molar-refractivity contribution in [2.75, 3.05) is 25.6 Å². The monoisotopic (exact) mass is 175 g/mol. The molecule has 1 nitrogen and oxygen atoms in total. The van der Waals surface area contributed by atoms with Crippen LogP contribution >= 0.6 is 11.8 Å². The third kappa shape index (κ3) is 5.57. The molecule has 0 N–H and O–H groups in total. The van der Waals surface area contributed by atoms with E-state index < -0.39 is 0 Å². The molecular weight excluding hydrogens is 154 g/mol. The minimum atomic E-state index is 0.733. The van der Waals surface area contributed by atoms with Crippen molar-refractivity contribution in [1.82, 2.24) is 4.90 Å². The lowest BCUT2D eigenvalue weighted by atomic mass is 10.3. The zero-order valence-corrected chi connectivity index (χ0v) is 9.08. The van der Waals surface area contributed by atoms with Gasteiger partial charge in [0.05, 0.1) is 0 Å². The number of nitrogens with zero attached hydrogens (tertiary/aromatic N) is 1. The molecule has 0 heterocycles. The van der Waals surface area contributed by atoms with Gasteiger partial charge < -0.3 is 4.90 Å². The van der Waals surface area contributed by atoms with Crippen molar-refractivity contribution in [3.8, 4) is 0 Å². The molecule has 0 aromatic carbocycles. The molecule has 1 unspecified atom stereocenters. The van der Waals surface area contributed by atoms with E-state index in [9.17, 15) is 0 Å². The van der Waals surface area contributed by atoms with E-state index in [2.05, 4.69) is 32.1 Å². The topological polar surface area (TPSA) is 3.24 Å². The third-order valence-electron chi connectivity index (χ3n) is 2.02. The smallest absolute Gasteiger partial charge is 0.0154 e. The van der Waals surface area contributed by atoms with Gasteiger partial charge in [0.2, 0.25) is 0 Å². The molecule has 0 saturated carbocycles. The van der Waals surface area contributed by atoms with Crippen molar-refractivity contribution in [2.24, 2.45) is 0 Å². The van der Waals surface area contributed by atoms with Gasteiger partial charge in [0, 0.05) is 11.8 Å². The fraction of sp³-hybridized carbons (Fsp3) is 1.00.